The molecule has 0 aliphatic heterocycles. The maximum absolute atomic E-state index is 12.2. The van der Waals surface area contributed by atoms with E-state index < -0.39 is 0 Å². The molecule has 0 unspecified atom stereocenters. The van der Waals surface area contributed by atoms with Crippen LogP contribution in [0.4, 0.5) is 5.69 Å². The first-order valence-corrected chi connectivity index (χ1v) is 6.91. The summed E-state index contributed by atoms with van der Waals surface area (Å²) in [6.45, 7) is 8.98. The van der Waals surface area contributed by atoms with E-state index in [0.717, 1.165) is 24.1 Å². The van der Waals surface area contributed by atoms with Gasteiger partial charge in [0.05, 0.1) is 5.41 Å². The third-order valence-electron chi connectivity index (χ3n) is 4.08. The maximum atomic E-state index is 12.2. The van der Waals surface area contributed by atoms with E-state index in [1.165, 1.54) is 5.56 Å². The van der Waals surface area contributed by atoms with Crippen molar-refractivity contribution in [2.75, 3.05) is 11.9 Å². The lowest BCUT2D eigenvalue weighted by atomic mass is 9.86. The van der Waals surface area contributed by atoms with Gasteiger partial charge >= 0.3 is 0 Å². The topological polar surface area (TPSA) is 55.1 Å². The van der Waals surface area contributed by atoms with Crippen LogP contribution in [0.2, 0.25) is 0 Å². The van der Waals surface area contributed by atoms with Crippen molar-refractivity contribution in [2.45, 2.75) is 46.0 Å². The third-order valence-corrected chi connectivity index (χ3v) is 4.08. The quantitative estimate of drug-likeness (QED) is 0.878. The van der Waals surface area contributed by atoms with Crippen LogP contribution in [0.25, 0.3) is 0 Å². The van der Waals surface area contributed by atoms with Crippen molar-refractivity contribution in [3.8, 4) is 0 Å². The summed E-state index contributed by atoms with van der Waals surface area (Å²) in [5.41, 5.74) is 8.71. The SMILES string of the molecule is Cc1ccc(C(C)(C)C)cc1NC(=O)C1(CN)CC1. The number of nitrogens with two attached hydrogens (primary N) is 1. The molecule has 1 saturated carbocycles. The lowest BCUT2D eigenvalue weighted by Gasteiger charge is -2.22. The molecule has 1 aliphatic carbocycles. The maximum Gasteiger partial charge on any atom is 0.231 e. The van der Waals surface area contributed by atoms with E-state index in [0.29, 0.717) is 6.54 Å². The van der Waals surface area contributed by atoms with Gasteiger partial charge in [-0.05, 0) is 42.4 Å². The Kier molecular flexibility index (Phi) is 3.43. The van der Waals surface area contributed by atoms with Crippen molar-refractivity contribution in [3.05, 3.63) is 29.3 Å². The molecule has 104 valence electrons. The Bertz CT molecular complexity index is 496. The molecule has 1 aromatic rings. The Morgan fingerprint density at radius 2 is 2.00 bits per heavy atom. The molecule has 1 fully saturated rings. The van der Waals surface area contributed by atoms with Crippen molar-refractivity contribution in [1.82, 2.24) is 0 Å². The average Bonchev–Trinajstić information content (AvgIpc) is 3.11. The number of hydrogen-bond acceptors (Lipinski definition) is 2. The van der Waals surface area contributed by atoms with Crippen molar-refractivity contribution < 1.29 is 4.79 Å². The Morgan fingerprint density at radius 1 is 1.37 bits per heavy atom. The molecule has 1 aromatic carbocycles. The number of anilines is 1. The van der Waals surface area contributed by atoms with Gasteiger partial charge in [0, 0.05) is 12.2 Å². The highest BCUT2D eigenvalue weighted by Crippen LogP contribution is 2.45. The van der Waals surface area contributed by atoms with E-state index in [9.17, 15) is 4.79 Å². The molecule has 3 heteroatoms. The highest BCUT2D eigenvalue weighted by atomic mass is 16.2. The molecule has 0 bridgehead atoms. The molecule has 0 saturated heterocycles. The first-order valence-electron chi connectivity index (χ1n) is 6.91. The summed E-state index contributed by atoms with van der Waals surface area (Å²) in [5, 5.41) is 3.06. The molecule has 19 heavy (non-hydrogen) atoms. The first kappa shape index (κ1) is 14.1. The fraction of sp³-hybridized carbons (Fsp3) is 0.562. The fourth-order valence-corrected chi connectivity index (χ4v) is 2.15. The van der Waals surface area contributed by atoms with Crippen LogP contribution in [0.3, 0.4) is 0 Å². The van der Waals surface area contributed by atoms with Gasteiger partial charge in [0.2, 0.25) is 5.91 Å². The van der Waals surface area contributed by atoms with Gasteiger partial charge in [0.1, 0.15) is 0 Å². The lowest BCUT2D eigenvalue weighted by molar-refractivity contribution is -0.120. The van der Waals surface area contributed by atoms with E-state index in [-0.39, 0.29) is 16.7 Å². The number of carbonyl (C=O) groups excluding carboxylic acids is 1. The van der Waals surface area contributed by atoms with E-state index in [2.05, 4.69) is 44.3 Å². The largest absolute Gasteiger partial charge is 0.329 e. The number of carbonyl (C=O) groups is 1. The van der Waals surface area contributed by atoms with Crippen LogP contribution >= 0.6 is 0 Å². The summed E-state index contributed by atoms with van der Waals surface area (Å²) in [6.07, 6.45) is 1.82. The minimum Gasteiger partial charge on any atom is -0.329 e. The zero-order valence-electron chi connectivity index (χ0n) is 12.3. The summed E-state index contributed by atoms with van der Waals surface area (Å²) in [6, 6.07) is 6.28. The molecule has 2 rings (SSSR count). The molecular weight excluding hydrogens is 236 g/mol. The Morgan fingerprint density at radius 3 is 2.47 bits per heavy atom. The fourth-order valence-electron chi connectivity index (χ4n) is 2.15. The lowest BCUT2D eigenvalue weighted by Crippen LogP contribution is -2.31. The standard InChI is InChI=1S/C16H24N2O/c1-11-5-6-12(15(2,3)4)9-13(11)18-14(19)16(10-17)7-8-16/h5-6,9H,7-8,10,17H2,1-4H3,(H,18,19). The zero-order chi connectivity index (χ0) is 14.3. The number of rotatable bonds is 3. The minimum atomic E-state index is -0.301. The summed E-state index contributed by atoms with van der Waals surface area (Å²) in [5.74, 6) is 0.0733. The molecular formula is C16H24N2O. The number of amides is 1. The zero-order valence-corrected chi connectivity index (χ0v) is 12.3. The van der Waals surface area contributed by atoms with Gasteiger partial charge in [-0.25, -0.2) is 0 Å². The van der Waals surface area contributed by atoms with Crippen LogP contribution < -0.4 is 11.1 Å². The van der Waals surface area contributed by atoms with E-state index >= 15 is 0 Å². The van der Waals surface area contributed by atoms with Crippen molar-refractivity contribution in [2.24, 2.45) is 11.1 Å². The second-order valence-electron chi connectivity index (χ2n) is 6.72. The summed E-state index contributed by atoms with van der Waals surface area (Å²) in [4.78, 5) is 12.2. The van der Waals surface area contributed by atoms with E-state index in [1.807, 2.05) is 6.92 Å². The van der Waals surface area contributed by atoms with Crippen LogP contribution in [0.15, 0.2) is 18.2 Å². The molecule has 0 heterocycles. The summed E-state index contributed by atoms with van der Waals surface area (Å²) >= 11 is 0. The number of hydrogen-bond donors (Lipinski definition) is 2. The van der Waals surface area contributed by atoms with Crippen LogP contribution in [0.1, 0.15) is 44.7 Å². The van der Waals surface area contributed by atoms with Crippen molar-refractivity contribution >= 4 is 11.6 Å². The predicted molar refractivity (Wildman–Crippen MR) is 79.2 cm³/mol. The number of aryl methyl sites for hydroxylation is 1. The Labute approximate surface area is 115 Å². The van der Waals surface area contributed by atoms with Crippen LogP contribution in [-0.2, 0) is 10.2 Å². The normalized spacial score (nSPS) is 17.1. The molecule has 0 spiro atoms. The van der Waals surface area contributed by atoms with Gasteiger partial charge in [-0.1, -0.05) is 32.9 Å². The van der Waals surface area contributed by atoms with Crippen molar-refractivity contribution in [1.29, 1.82) is 0 Å². The monoisotopic (exact) mass is 260 g/mol. The number of nitrogens with one attached hydrogen (secondary N) is 1. The van der Waals surface area contributed by atoms with Crippen LogP contribution in [0.5, 0.6) is 0 Å². The smallest absolute Gasteiger partial charge is 0.231 e. The molecule has 3 nitrogen and oxygen atoms in total. The highest BCUT2D eigenvalue weighted by Gasteiger charge is 2.48. The second-order valence-corrected chi connectivity index (χ2v) is 6.72. The second kappa shape index (κ2) is 4.64. The third kappa shape index (κ3) is 2.81. The minimum absolute atomic E-state index is 0.0733. The summed E-state index contributed by atoms with van der Waals surface area (Å²) < 4.78 is 0. The van der Waals surface area contributed by atoms with Crippen molar-refractivity contribution in [3.63, 3.8) is 0 Å². The highest BCUT2D eigenvalue weighted by molar-refractivity contribution is 5.98. The molecule has 1 amide bonds. The Hall–Kier alpha value is -1.35. The molecule has 0 aromatic heterocycles. The van der Waals surface area contributed by atoms with Gasteiger partial charge in [-0.15, -0.1) is 0 Å². The first-order chi connectivity index (χ1) is 8.78. The van der Waals surface area contributed by atoms with Gasteiger partial charge in [0.15, 0.2) is 0 Å². The molecule has 0 radical (unpaired) electrons. The van der Waals surface area contributed by atoms with Crippen LogP contribution in [-0.4, -0.2) is 12.5 Å². The van der Waals surface area contributed by atoms with E-state index in [4.69, 9.17) is 5.73 Å². The van der Waals surface area contributed by atoms with Gasteiger partial charge in [-0.2, -0.15) is 0 Å². The molecule has 0 atom stereocenters. The predicted octanol–water partition coefficient (Wildman–Crippen LogP) is 2.97. The van der Waals surface area contributed by atoms with Crippen LogP contribution in [0, 0.1) is 12.3 Å². The Balaban J connectivity index is 2.23. The molecule has 3 N–H and O–H groups in total. The van der Waals surface area contributed by atoms with Gasteiger partial charge in [-0.3, -0.25) is 4.79 Å². The van der Waals surface area contributed by atoms with E-state index in [1.54, 1.807) is 0 Å². The van der Waals surface area contributed by atoms with Gasteiger partial charge < -0.3 is 11.1 Å². The molecule has 1 aliphatic rings. The summed E-state index contributed by atoms with van der Waals surface area (Å²) in [7, 11) is 0. The number of benzene rings is 1. The average molecular weight is 260 g/mol. The van der Waals surface area contributed by atoms with Gasteiger partial charge in [0.25, 0.3) is 0 Å².